The van der Waals surface area contributed by atoms with Crippen LogP contribution < -0.4 is 5.32 Å². The molecular weight excluding hydrogens is 385 g/mol. The molecule has 1 unspecified atom stereocenters. The summed E-state index contributed by atoms with van der Waals surface area (Å²) in [7, 11) is 0.889. The van der Waals surface area contributed by atoms with Gasteiger partial charge in [-0.15, -0.1) is 0 Å². The van der Waals surface area contributed by atoms with E-state index in [0.717, 1.165) is 6.07 Å². The van der Waals surface area contributed by atoms with Gasteiger partial charge in [-0.25, -0.2) is 12.8 Å². The van der Waals surface area contributed by atoms with Crippen molar-refractivity contribution in [3.63, 3.8) is 0 Å². The molecule has 21 heavy (non-hydrogen) atoms. The minimum atomic E-state index is -4.28. The van der Waals surface area contributed by atoms with Gasteiger partial charge in [0.1, 0.15) is 4.90 Å². The smallest absolute Gasteiger partial charge is 0.264 e. The lowest BCUT2D eigenvalue weighted by atomic mass is 9.88. The molecule has 118 valence electrons. The molecule has 1 aromatic rings. The molecule has 0 aliphatic carbocycles. The maximum Gasteiger partial charge on any atom is 0.264 e. The van der Waals surface area contributed by atoms with Crippen LogP contribution in [0.25, 0.3) is 0 Å². The van der Waals surface area contributed by atoms with Crippen molar-refractivity contribution in [3.8, 4) is 0 Å². The first-order valence-corrected chi connectivity index (χ1v) is 9.19. The molecule has 0 bridgehead atoms. The quantitative estimate of drug-likeness (QED) is 0.787. The number of benzene rings is 1. The lowest BCUT2D eigenvalue weighted by Gasteiger charge is -2.28. The van der Waals surface area contributed by atoms with Crippen LogP contribution in [0.1, 0.15) is 38.1 Å². The molecule has 1 amide bonds. The minimum Gasteiger partial charge on any atom is -0.349 e. The number of carbonyl (C=O) groups excluding carboxylic acids is 1. The number of halogens is 3. The van der Waals surface area contributed by atoms with Gasteiger partial charge in [-0.3, -0.25) is 4.79 Å². The molecule has 0 spiro atoms. The van der Waals surface area contributed by atoms with E-state index >= 15 is 0 Å². The number of carbonyl (C=O) groups is 1. The van der Waals surface area contributed by atoms with Crippen molar-refractivity contribution in [1.29, 1.82) is 0 Å². The van der Waals surface area contributed by atoms with Gasteiger partial charge in [0.2, 0.25) is 0 Å². The topological polar surface area (TPSA) is 63.2 Å². The van der Waals surface area contributed by atoms with Gasteiger partial charge in [-0.05, 0) is 24.5 Å². The summed E-state index contributed by atoms with van der Waals surface area (Å²) >= 11 is 3.04. The van der Waals surface area contributed by atoms with E-state index in [1.165, 1.54) is 6.07 Å². The largest absolute Gasteiger partial charge is 0.349 e. The minimum absolute atomic E-state index is 0.223. The second-order valence-electron chi connectivity index (χ2n) is 5.76. The summed E-state index contributed by atoms with van der Waals surface area (Å²) in [5, 5.41) is 2.65. The highest BCUT2D eigenvalue weighted by Gasteiger charge is 2.27. The molecule has 0 saturated carbocycles. The van der Waals surface area contributed by atoms with Crippen molar-refractivity contribution in [3.05, 3.63) is 28.0 Å². The predicted octanol–water partition coefficient (Wildman–Crippen LogP) is 3.68. The highest BCUT2D eigenvalue weighted by atomic mass is 79.9. The zero-order chi connectivity index (χ0) is 16.6. The molecule has 0 aromatic heterocycles. The fourth-order valence-corrected chi connectivity index (χ4v) is 2.94. The Kier molecular flexibility index (Phi) is 5.45. The third-order valence-corrected chi connectivity index (χ3v) is 4.94. The van der Waals surface area contributed by atoms with E-state index in [0.29, 0.717) is 0 Å². The molecule has 0 radical (unpaired) electrons. The lowest BCUT2D eigenvalue weighted by molar-refractivity contribution is 0.0905. The zero-order valence-corrected chi connectivity index (χ0v) is 15.2. The van der Waals surface area contributed by atoms with Gasteiger partial charge in [-0.1, -0.05) is 36.7 Å². The molecule has 0 aliphatic heterocycles. The lowest BCUT2D eigenvalue weighted by Crippen LogP contribution is -2.41. The molecule has 0 aliphatic rings. The van der Waals surface area contributed by atoms with Crippen molar-refractivity contribution < 1.29 is 17.6 Å². The summed E-state index contributed by atoms with van der Waals surface area (Å²) in [4.78, 5) is 11.4. The molecule has 1 aromatic carbocycles. The van der Waals surface area contributed by atoms with Gasteiger partial charge in [0.25, 0.3) is 15.0 Å². The monoisotopic (exact) mass is 399 g/mol. The van der Waals surface area contributed by atoms with Crippen LogP contribution in [0.4, 0.5) is 4.39 Å². The van der Waals surface area contributed by atoms with Gasteiger partial charge in [0.05, 0.1) is 5.56 Å². The van der Waals surface area contributed by atoms with Gasteiger partial charge in [-0.2, -0.15) is 0 Å². The highest BCUT2D eigenvalue weighted by molar-refractivity contribution is 9.10. The number of hydrogen-bond acceptors (Lipinski definition) is 3. The average Bonchev–Trinajstić information content (AvgIpc) is 2.28. The highest BCUT2D eigenvalue weighted by Crippen LogP contribution is 2.27. The number of amides is 1. The Morgan fingerprint density at radius 3 is 2.33 bits per heavy atom. The van der Waals surface area contributed by atoms with Crippen molar-refractivity contribution >= 4 is 41.6 Å². The SMILES string of the molecule is CC(NC(=O)c1cc(Br)cc(S(=O)(=O)Cl)c1F)C(C)(C)C. The molecule has 1 N–H and O–H groups in total. The van der Waals surface area contributed by atoms with Gasteiger partial charge >= 0.3 is 0 Å². The fraction of sp³-hybridized carbons (Fsp3) is 0.462. The Balaban J connectivity index is 3.26. The molecule has 0 saturated heterocycles. The molecular formula is C13H16BrClFNO3S. The first kappa shape index (κ1) is 18.4. The van der Waals surface area contributed by atoms with Crippen LogP contribution in [0.15, 0.2) is 21.5 Å². The molecule has 8 heteroatoms. The van der Waals surface area contributed by atoms with Crippen molar-refractivity contribution in [2.75, 3.05) is 0 Å². The average molecular weight is 401 g/mol. The standard InChI is InChI=1S/C13H16BrClFNO3S/c1-7(13(2,3)4)17-12(18)9-5-8(14)6-10(11(9)16)21(15,19)20/h5-7H,1-4H3,(H,17,18). The van der Waals surface area contributed by atoms with E-state index in [1.54, 1.807) is 6.92 Å². The van der Waals surface area contributed by atoms with Crippen LogP contribution in [0.3, 0.4) is 0 Å². The van der Waals surface area contributed by atoms with Crippen LogP contribution in [0, 0.1) is 11.2 Å². The predicted molar refractivity (Wildman–Crippen MR) is 83.5 cm³/mol. The second-order valence-corrected chi connectivity index (χ2v) is 9.21. The fourth-order valence-electron chi connectivity index (χ4n) is 1.40. The van der Waals surface area contributed by atoms with Gasteiger partial charge in [0.15, 0.2) is 5.82 Å². The summed E-state index contributed by atoms with van der Waals surface area (Å²) in [6.07, 6.45) is 0. The first-order valence-electron chi connectivity index (χ1n) is 6.08. The Hall–Kier alpha value is -0.660. The van der Waals surface area contributed by atoms with Crippen LogP contribution >= 0.6 is 26.6 Å². The molecule has 0 heterocycles. The van der Waals surface area contributed by atoms with E-state index < -0.39 is 25.7 Å². The van der Waals surface area contributed by atoms with Gasteiger partial charge in [0, 0.05) is 21.2 Å². The summed E-state index contributed by atoms with van der Waals surface area (Å²) < 4.78 is 37.1. The molecule has 0 fully saturated rings. The molecule has 1 atom stereocenters. The van der Waals surface area contributed by atoms with Crippen LogP contribution in [-0.2, 0) is 9.05 Å². The summed E-state index contributed by atoms with van der Waals surface area (Å²) in [5.41, 5.74) is -0.598. The second kappa shape index (κ2) is 6.22. The molecule has 1 rings (SSSR count). The Bertz CT molecular complexity index is 671. The Labute approximate surface area is 136 Å². The Morgan fingerprint density at radius 2 is 1.90 bits per heavy atom. The van der Waals surface area contributed by atoms with Crippen LogP contribution in [0.2, 0.25) is 0 Å². The van der Waals surface area contributed by atoms with Crippen LogP contribution in [0.5, 0.6) is 0 Å². The maximum absolute atomic E-state index is 14.2. The van der Waals surface area contributed by atoms with Crippen molar-refractivity contribution in [1.82, 2.24) is 5.32 Å². The zero-order valence-electron chi connectivity index (χ0n) is 12.0. The Morgan fingerprint density at radius 1 is 1.38 bits per heavy atom. The number of hydrogen-bond donors (Lipinski definition) is 1. The van der Waals surface area contributed by atoms with E-state index in [-0.39, 0.29) is 21.5 Å². The summed E-state index contributed by atoms with van der Waals surface area (Å²) in [6.45, 7) is 7.55. The van der Waals surface area contributed by atoms with E-state index in [1.807, 2.05) is 20.8 Å². The van der Waals surface area contributed by atoms with E-state index in [4.69, 9.17) is 10.7 Å². The number of rotatable bonds is 3. The van der Waals surface area contributed by atoms with Crippen molar-refractivity contribution in [2.24, 2.45) is 5.41 Å². The van der Waals surface area contributed by atoms with Crippen molar-refractivity contribution in [2.45, 2.75) is 38.6 Å². The third kappa shape index (κ3) is 4.66. The maximum atomic E-state index is 14.2. The van der Waals surface area contributed by atoms with Crippen LogP contribution in [-0.4, -0.2) is 20.4 Å². The van der Waals surface area contributed by atoms with Gasteiger partial charge < -0.3 is 5.32 Å². The normalized spacial score (nSPS) is 13.9. The molecule has 4 nitrogen and oxygen atoms in total. The van der Waals surface area contributed by atoms with E-state index in [9.17, 15) is 17.6 Å². The first-order chi connectivity index (χ1) is 9.34. The summed E-state index contributed by atoms with van der Waals surface area (Å²) in [5.74, 6) is -1.86. The van der Waals surface area contributed by atoms with E-state index in [2.05, 4.69) is 21.2 Å². The summed E-state index contributed by atoms with van der Waals surface area (Å²) in [6, 6.07) is 1.99. The number of nitrogens with one attached hydrogen (secondary N) is 1. The third-order valence-electron chi connectivity index (χ3n) is 3.16.